The van der Waals surface area contributed by atoms with Crippen molar-refractivity contribution in [3.63, 3.8) is 0 Å². The Kier molecular flexibility index (Phi) is 6.59. The lowest BCUT2D eigenvalue weighted by Crippen LogP contribution is -2.51. The highest BCUT2D eigenvalue weighted by molar-refractivity contribution is 7.90. The maximum Gasteiger partial charge on any atom is 0.274 e. The molecule has 0 unspecified atom stereocenters. The number of hydrogen-bond acceptors (Lipinski definition) is 5. The number of rotatable bonds is 4. The average Bonchev–Trinajstić information content (AvgIpc) is 3.18. The molecule has 0 bridgehead atoms. The fourth-order valence-electron chi connectivity index (χ4n) is 3.91. The molecule has 0 N–H and O–H groups in total. The smallest absolute Gasteiger partial charge is 0.274 e. The number of benzene rings is 2. The molecule has 4 rings (SSSR count). The minimum Gasteiger partial charge on any atom is -0.367 e. The molecule has 0 radical (unpaired) electrons. The van der Waals surface area contributed by atoms with Crippen LogP contribution in [0.5, 0.6) is 0 Å². The summed E-state index contributed by atoms with van der Waals surface area (Å²) in [6.07, 6.45) is 1.91. The zero-order chi connectivity index (χ0) is 24.0. The molecular weight excluding hydrogens is 532 g/mol. The molecule has 1 aliphatic rings. The Morgan fingerprint density at radius 3 is 2.24 bits per heavy atom. The number of halogens is 4. The molecule has 3 aromatic rings. The normalized spacial score (nSPS) is 15.2. The van der Waals surface area contributed by atoms with Crippen molar-refractivity contribution in [2.45, 2.75) is 8.69 Å². The number of nitrogens with zero attached hydrogens (tertiary/aromatic N) is 3. The number of amides is 1. The largest absolute Gasteiger partial charge is 0.367 e. The van der Waals surface area contributed by atoms with Gasteiger partial charge in [0.25, 0.3) is 19.7 Å². The molecule has 2 aromatic carbocycles. The van der Waals surface area contributed by atoms with Crippen LogP contribution in [0.3, 0.4) is 0 Å². The Bertz CT molecular complexity index is 1340. The molecule has 7 nitrogen and oxygen atoms in total. The number of alkyl halides is 3. The first-order valence-corrected chi connectivity index (χ1v) is 12.7. The van der Waals surface area contributed by atoms with E-state index in [9.17, 15) is 18.0 Å². The second-order valence-electron chi connectivity index (χ2n) is 7.38. The Morgan fingerprint density at radius 2 is 1.64 bits per heavy atom. The van der Waals surface area contributed by atoms with Crippen molar-refractivity contribution in [1.29, 1.82) is 0 Å². The molecule has 2 heterocycles. The van der Waals surface area contributed by atoms with E-state index in [2.05, 4.69) is 0 Å². The minimum atomic E-state index is -4.06. The molecule has 33 heavy (non-hydrogen) atoms. The van der Waals surface area contributed by atoms with Crippen molar-refractivity contribution >= 4 is 85.2 Å². The van der Waals surface area contributed by atoms with Crippen LogP contribution in [0.15, 0.2) is 53.6 Å². The SMILES string of the molecule is O=Cc1cn(S(=O)(=O)c2ccccc2Cl)c2cccc(N3CCN(C(=O)C(Cl)(Cl)Cl)CC3)c12. The number of aldehydes is 1. The number of carbonyl (C=O) groups is 2. The van der Waals surface area contributed by atoms with Crippen molar-refractivity contribution in [3.05, 3.63) is 59.2 Å². The Morgan fingerprint density at radius 1 is 0.970 bits per heavy atom. The molecule has 0 spiro atoms. The third-order valence-corrected chi connectivity index (χ3v) is 8.11. The van der Waals surface area contributed by atoms with E-state index in [-0.39, 0.29) is 15.5 Å². The maximum absolute atomic E-state index is 13.4. The van der Waals surface area contributed by atoms with Crippen LogP contribution in [0.4, 0.5) is 5.69 Å². The summed E-state index contributed by atoms with van der Waals surface area (Å²) in [6, 6.07) is 11.3. The van der Waals surface area contributed by atoms with Gasteiger partial charge in [-0.1, -0.05) is 64.6 Å². The van der Waals surface area contributed by atoms with Gasteiger partial charge in [0.2, 0.25) is 0 Å². The Labute approximate surface area is 210 Å². The first kappa shape index (κ1) is 24.2. The van der Waals surface area contributed by atoms with E-state index in [0.29, 0.717) is 49.1 Å². The van der Waals surface area contributed by atoms with Crippen LogP contribution in [-0.4, -0.2) is 59.5 Å². The molecule has 1 fully saturated rings. The van der Waals surface area contributed by atoms with Crippen LogP contribution in [0.2, 0.25) is 5.02 Å². The van der Waals surface area contributed by atoms with Crippen molar-refractivity contribution in [2.75, 3.05) is 31.1 Å². The van der Waals surface area contributed by atoms with Gasteiger partial charge in [-0.2, -0.15) is 0 Å². The molecule has 0 aliphatic carbocycles. The third kappa shape index (κ3) is 4.42. The van der Waals surface area contributed by atoms with Gasteiger partial charge in [-0.05, 0) is 24.3 Å². The van der Waals surface area contributed by atoms with Gasteiger partial charge >= 0.3 is 0 Å². The Balaban J connectivity index is 1.75. The van der Waals surface area contributed by atoms with Crippen molar-refractivity contribution in [3.8, 4) is 0 Å². The highest BCUT2D eigenvalue weighted by atomic mass is 35.6. The van der Waals surface area contributed by atoms with Crippen LogP contribution < -0.4 is 4.90 Å². The number of anilines is 1. The lowest BCUT2D eigenvalue weighted by atomic mass is 10.1. The van der Waals surface area contributed by atoms with Crippen molar-refractivity contribution in [2.24, 2.45) is 0 Å². The molecular formula is C21H17Cl4N3O4S. The second kappa shape index (κ2) is 9.00. The molecule has 174 valence electrons. The standard InChI is InChI=1S/C21H17Cl4N3O4S/c22-15-4-1-2-7-18(15)33(31,32)28-12-14(13-29)19-16(5-3-6-17(19)28)26-8-10-27(11-9-26)20(30)21(23,24)25/h1-7,12-13H,8-11H2. The zero-order valence-corrected chi connectivity index (χ0v) is 20.8. The number of carbonyl (C=O) groups excluding carboxylic acids is 2. The van der Waals surface area contributed by atoms with Gasteiger partial charge in [0, 0.05) is 49.0 Å². The number of hydrogen-bond donors (Lipinski definition) is 0. The third-order valence-electron chi connectivity index (χ3n) is 5.45. The average molecular weight is 549 g/mol. The highest BCUT2D eigenvalue weighted by Crippen LogP contribution is 2.35. The summed E-state index contributed by atoms with van der Waals surface area (Å²) in [5.41, 5.74) is 1.23. The van der Waals surface area contributed by atoms with Gasteiger partial charge < -0.3 is 9.80 Å². The highest BCUT2D eigenvalue weighted by Gasteiger charge is 2.37. The van der Waals surface area contributed by atoms with Gasteiger partial charge in [-0.3, -0.25) is 9.59 Å². The van der Waals surface area contributed by atoms with E-state index in [1.807, 2.05) is 4.90 Å². The number of fused-ring (bicyclic) bond motifs is 1. The van der Waals surface area contributed by atoms with Crippen LogP contribution in [-0.2, 0) is 14.8 Å². The van der Waals surface area contributed by atoms with E-state index in [0.717, 1.165) is 3.97 Å². The minimum absolute atomic E-state index is 0.0646. The molecule has 12 heteroatoms. The predicted octanol–water partition coefficient (Wildman–Crippen LogP) is 4.36. The van der Waals surface area contributed by atoms with E-state index >= 15 is 0 Å². The van der Waals surface area contributed by atoms with Crippen LogP contribution in [0, 0.1) is 0 Å². The number of piperazine rings is 1. The fourth-order valence-corrected chi connectivity index (χ4v) is 6.14. The summed E-state index contributed by atoms with van der Waals surface area (Å²) < 4.78 is 25.8. The maximum atomic E-state index is 13.4. The summed E-state index contributed by atoms with van der Waals surface area (Å²) in [4.78, 5) is 27.5. The molecule has 1 amide bonds. The van der Waals surface area contributed by atoms with E-state index in [4.69, 9.17) is 46.4 Å². The molecule has 1 aromatic heterocycles. The van der Waals surface area contributed by atoms with E-state index in [1.165, 1.54) is 23.2 Å². The van der Waals surface area contributed by atoms with Crippen molar-refractivity contribution in [1.82, 2.24) is 8.87 Å². The summed E-state index contributed by atoms with van der Waals surface area (Å²) >= 11 is 23.3. The first-order chi connectivity index (χ1) is 15.6. The summed E-state index contributed by atoms with van der Waals surface area (Å²) in [5, 5.41) is 0.571. The lowest BCUT2D eigenvalue weighted by molar-refractivity contribution is -0.130. The summed E-state index contributed by atoms with van der Waals surface area (Å²) in [7, 11) is -4.06. The fraction of sp³-hybridized carbons (Fsp3) is 0.238. The van der Waals surface area contributed by atoms with E-state index < -0.39 is 19.7 Å². The van der Waals surface area contributed by atoms with Gasteiger partial charge in [-0.15, -0.1) is 0 Å². The van der Waals surface area contributed by atoms with Crippen LogP contribution >= 0.6 is 46.4 Å². The molecule has 0 atom stereocenters. The lowest BCUT2D eigenvalue weighted by Gasteiger charge is -2.37. The quantitative estimate of drug-likeness (QED) is 0.357. The molecule has 1 saturated heterocycles. The van der Waals surface area contributed by atoms with Crippen LogP contribution in [0.25, 0.3) is 10.9 Å². The van der Waals surface area contributed by atoms with Crippen LogP contribution in [0.1, 0.15) is 10.4 Å². The van der Waals surface area contributed by atoms with Crippen molar-refractivity contribution < 1.29 is 18.0 Å². The van der Waals surface area contributed by atoms with Gasteiger partial charge in [0.1, 0.15) is 4.90 Å². The summed E-state index contributed by atoms with van der Waals surface area (Å²) in [5.74, 6) is -0.601. The topological polar surface area (TPSA) is 79.7 Å². The summed E-state index contributed by atoms with van der Waals surface area (Å²) in [6.45, 7) is 1.43. The molecule has 1 aliphatic heterocycles. The predicted molar refractivity (Wildman–Crippen MR) is 130 cm³/mol. The second-order valence-corrected chi connectivity index (χ2v) is 11.9. The first-order valence-electron chi connectivity index (χ1n) is 9.76. The van der Waals surface area contributed by atoms with Gasteiger partial charge in [0.05, 0.1) is 10.5 Å². The Hall–Kier alpha value is -1.97. The van der Waals surface area contributed by atoms with Gasteiger partial charge in [0.15, 0.2) is 6.29 Å². The number of aromatic nitrogens is 1. The molecule has 0 saturated carbocycles. The zero-order valence-electron chi connectivity index (χ0n) is 16.9. The van der Waals surface area contributed by atoms with Gasteiger partial charge in [-0.25, -0.2) is 12.4 Å². The monoisotopic (exact) mass is 547 g/mol. The van der Waals surface area contributed by atoms with E-state index in [1.54, 1.807) is 30.3 Å².